The molecule has 0 saturated carbocycles. The lowest BCUT2D eigenvalue weighted by Crippen LogP contribution is -2.06. The maximum absolute atomic E-state index is 12.2. The zero-order valence-corrected chi connectivity index (χ0v) is 14.0. The topological polar surface area (TPSA) is 70.8 Å². The molecule has 0 fully saturated rings. The van der Waals surface area contributed by atoms with Crippen molar-refractivity contribution in [3.05, 3.63) is 53.0 Å². The van der Waals surface area contributed by atoms with Gasteiger partial charge in [0.2, 0.25) is 0 Å². The fraction of sp³-hybridized carbons (Fsp3) is 0.176. The first-order valence-corrected chi connectivity index (χ1v) is 7.97. The molecular weight excluding hydrogens is 330 g/mol. The summed E-state index contributed by atoms with van der Waals surface area (Å²) < 4.78 is 20.8. The second-order valence-electron chi connectivity index (χ2n) is 4.84. The second-order valence-corrected chi connectivity index (χ2v) is 5.78. The highest BCUT2D eigenvalue weighted by Crippen LogP contribution is 2.26. The van der Waals surface area contributed by atoms with Crippen molar-refractivity contribution in [1.29, 1.82) is 0 Å². The smallest absolute Gasteiger partial charge is 0.338 e. The Bertz CT molecular complexity index is 803. The van der Waals surface area contributed by atoms with E-state index >= 15 is 0 Å². The van der Waals surface area contributed by atoms with E-state index in [2.05, 4.69) is 5.16 Å². The van der Waals surface area contributed by atoms with Gasteiger partial charge in [0.15, 0.2) is 5.76 Å². The van der Waals surface area contributed by atoms with Crippen LogP contribution in [0.15, 0.2) is 46.3 Å². The van der Waals surface area contributed by atoms with Crippen molar-refractivity contribution in [3.8, 4) is 22.1 Å². The Hall–Kier alpha value is -2.80. The third-order valence-corrected chi connectivity index (χ3v) is 4.15. The van der Waals surface area contributed by atoms with E-state index < -0.39 is 5.97 Å². The van der Waals surface area contributed by atoms with E-state index in [1.807, 2.05) is 17.5 Å². The van der Waals surface area contributed by atoms with Crippen LogP contribution in [0.3, 0.4) is 0 Å². The summed E-state index contributed by atoms with van der Waals surface area (Å²) in [6, 6.07) is 10.5. The molecule has 0 radical (unpaired) electrons. The lowest BCUT2D eigenvalue weighted by Gasteiger charge is -2.08. The van der Waals surface area contributed by atoms with Gasteiger partial charge in [-0.25, -0.2) is 4.79 Å². The molecule has 0 amide bonds. The average molecular weight is 345 g/mol. The number of aromatic nitrogens is 1. The SMILES string of the molecule is COc1cc(OC)cc(C(=O)OCc2cc(-c3cccs3)on2)c1. The molecule has 0 N–H and O–H groups in total. The molecule has 7 heteroatoms. The number of rotatable bonds is 6. The summed E-state index contributed by atoms with van der Waals surface area (Å²) in [4.78, 5) is 13.2. The highest BCUT2D eigenvalue weighted by Gasteiger charge is 2.13. The number of hydrogen-bond donors (Lipinski definition) is 0. The van der Waals surface area contributed by atoms with E-state index in [-0.39, 0.29) is 6.61 Å². The zero-order chi connectivity index (χ0) is 16.9. The minimum atomic E-state index is -0.493. The highest BCUT2D eigenvalue weighted by molar-refractivity contribution is 7.13. The van der Waals surface area contributed by atoms with Crippen LogP contribution < -0.4 is 9.47 Å². The summed E-state index contributed by atoms with van der Waals surface area (Å²) in [5.74, 6) is 1.19. The van der Waals surface area contributed by atoms with Crippen LogP contribution in [-0.4, -0.2) is 25.3 Å². The Labute approximate surface area is 142 Å². The maximum Gasteiger partial charge on any atom is 0.338 e. The molecule has 2 heterocycles. The Morgan fingerprint density at radius 1 is 1.17 bits per heavy atom. The van der Waals surface area contributed by atoms with Gasteiger partial charge in [-0.2, -0.15) is 0 Å². The minimum absolute atomic E-state index is 0.0211. The molecule has 0 aliphatic heterocycles. The number of benzene rings is 1. The number of carbonyl (C=O) groups excluding carboxylic acids is 1. The number of hydrogen-bond acceptors (Lipinski definition) is 7. The predicted molar refractivity (Wildman–Crippen MR) is 88.5 cm³/mol. The summed E-state index contributed by atoms with van der Waals surface area (Å²) >= 11 is 1.55. The number of carbonyl (C=O) groups is 1. The van der Waals surface area contributed by atoms with E-state index in [4.69, 9.17) is 18.7 Å². The minimum Gasteiger partial charge on any atom is -0.497 e. The third-order valence-electron chi connectivity index (χ3n) is 3.26. The maximum atomic E-state index is 12.2. The molecule has 3 aromatic rings. The zero-order valence-electron chi connectivity index (χ0n) is 13.1. The molecule has 6 nitrogen and oxygen atoms in total. The van der Waals surface area contributed by atoms with Crippen molar-refractivity contribution in [2.24, 2.45) is 0 Å². The summed E-state index contributed by atoms with van der Waals surface area (Å²) in [7, 11) is 3.04. The molecule has 0 spiro atoms. The van der Waals surface area contributed by atoms with E-state index in [0.717, 1.165) is 4.88 Å². The summed E-state index contributed by atoms with van der Waals surface area (Å²) in [5, 5.41) is 5.86. The van der Waals surface area contributed by atoms with Crippen molar-refractivity contribution >= 4 is 17.3 Å². The number of nitrogens with zero attached hydrogens (tertiary/aromatic N) is 1. The largest absolute Gasteiger partial charge is 0.497 e. The van der Waals surface area contributed by atoms with Crippen molar-refractivity contribution in [2.75, 3.05) is 14.2 Å². The van der Waals surface area contributed by atoms with Gasteiger partial charge < -0.3 is 18.7 Å². The molecule has 0 saturated heterocycles. The molecule has 0 aliphatic rings. The standard InChI is InChI=1S/C17H15NO5S/c1-20-13-6-11(7-14(9-13)21-2)17(19)22-10-12-8-15(23-18-12)16-4-3-5-24-16/h3-9H,10H2,1-2H3. The Morgan fingerprint density at radius 2 is 1.92 bits per heavy atom. The predicted octanol–water partition coefficient (Wildman–Crippen LogP) is 3.78. The molecule has 0 unspecified atom stereocenters. The van der Waals surface area contributed by atoms with Crippen LogP contribution in [0.1, 0.15) is 16.1 Å². The van der Waals surface area contributed by atoms with Crippen molar-refractivity contribution in [3.63, 3.8) is 0 Å². The molecule has 124 valence electrons. The van der Waals surface area contributed by atoms with Gasteiger partial charge in [-0.3, -0.25) is 0 Å². The van der Waals surface area contributed by atoms with Crippen molar-refractivity contribution < 1.29 is 23.5 Å². The molecule has 1 aromatic carbocycles. The second kappa shape index (κ2) is 7.18. The number of methoxy groups -OCH3 is 2. The first kappa shape index (κ1) is 16.1. The van der Waals surface area contributed by atoms with Gasteiger partial charge in [0.05, 0.1) is 24.7 Å². The number of thiophene rings is 1. The van der Waals surface area contributed by atoms with Gasteiger partial charge in [0.25, 0.3) is 0 Å². The van der Waals surface area contributed by atoms with Gasteiger partial charge in [0.1, 0.15) is 23.8 Å². The van der Waals surface area contributed by atoms with Crippen LogP contribution in [0.5, 0.6) is 11.5 Å². The Balaban J connectivity index is 1.67. The van der Waals surface area contributed by atoms with Crippen molar-refractivity contribution in [2.45, 2.75) is 6.61 Å². The molecule has 0 bridgehead atoms. The summed E-state index contributed by atoms with van der Waals surface area (Å²) in [6.45, 7) is 0.0211. The van der Waals surface area contributed by atoms with Crippen molar-refractivity contribution in [1.82, 2.24) is 5.16 Å². The molecule has 0 aliphatic carbocycles. The Morgan fingerprint density at radius 3 is 2.54 bits per heavy atom. The normalized spacial score (nSPS) is 10.4. The van der Waals surface area contributed by atoms with Crippen LogP contribution in [0.25, 0.3) is 10.6 Å². The van der Waals surface area contributed by atoms with E-state index in [1.165, 1.54) is 14.2 Å². The molecule has 0 atom stereocenters. The van der Waals surface area contributed by atoms with Crippen LogP contribution in [0.2, 0.25) is 0 Å². The highest BCUT2D eigenvalue weighted by atomic mass is 32.1. The molecule has 2 aromatic heterocycles. The first-order valence-electron chi connectivity index (χ1n) is 7.09. The van der Waals surface area contributed by atoms with Crippen LogP contribution in [0.4, 0.5) is 0 Å². The van der Waals surface area contributed by atoms with Crippen LogP contribution >= 0.6 is 11.3 Å². The number of ether oxygens (including phenoxy) is 3. The Kier molecular flexibility index (Phi) is 4.81. The van der Waals surface area contributed by atoms with E-state index in [0.29, 0.717) is 28.5 Å². The van der Waals surface area contributed by atoms with Gasteiger partial charge in [-0.15, -0.1) is 11.3 Å². The monoisotopic (exact) mass is 345 g/mol. The van der Waals surface area contributed by atoms with Crippen LogP contribution in [0, 0.1) is 0 Å². The molecule has 3 rings (SSSR count). The number of esters is 1. The lowest BCUT2D eigenvalue weighted by atomic mass is 10.2. The summed E-state index contributed by atoms with van der Waals surface area (Å²) in [6.07, 6.45) is 0. The summed E-state index contributed by atoms with van der Waals surface area (Å²) in [5.41, 5.74) is 0.884. The van der Waals surface area contributed by atoms with Gasteiger partial charge in [0, 0.05) is 12.1 Å². The van der Waals surface area contributed by atoms with E-state index in [9.17, 15) is 4.79 Å². The third kappa shape index (κ3) is 3.57. The average Bonchev–Trinajstić information content (AvgIpc) is 3.30. The molecular formula is C17H15NO5S. The van der Waals surface area contributed by atoms with Gasteiger partial charge in [-0.1, -0.05) is 11.2 Å². The van der Waals surface area contributed by atoms with Gasteiger partial charge in [-0.05, 0) is 23.6 Å². The fourth-order valence-electron chi connectivity index (χ4n) is 2.06. The molecule has 24 heavy (non-hydrogen) atoms. The van der Waals surface area contributed by atoms with Crippen LogP contribution in [-0.2, 0) is 11.3 Å². The van der Waals surface area contributed by atoms with E-state index in [1.54, 1.807) is 35.6 Å². The quantitative estimate of drug-likeness (QED) is 0.633. The van der Waals surface area contributed by atoms with Gasteiger partial charge >= 0.3 is 5.97 Å². The fourth-order valence-corrected chi connectivity index (χ4v) is 2.74. The first-order chi connectivity index (χ1) is 11.7. The lowest BCUT2D eigenvalue weighted by molar-refractivity contribution is 0.0463.